The number of amides is 1. The third kappa shape index (κ3) is 4.04. The fourth-order valence-corrected chi connectivity index (χ4v) is 4.03. The first-order valence-corrected chi connectivity index (χ1v) is 10.7. The molecule has 1 amide bonds. The number of hydrazone groups is 1. The zero-order valence-electron chi connectivity index (χ0n) is 16.1. The Bertz CT molecular complexity index is 1140. The number of anilines is 1. The lowest BCUT2D eigenvalue weighted by Gasteiger charge is -2.08. The van der Waals surface area contributed by atoms with E-state index in [1.807, 2.05) is 61.7 Å². The number of halogens is 1. The minimum atomic E-state index is -0.726. The van der Waals surface area contributed by atoms with Gasteiger partial charge >= 0.3 is 0 Å². The van der Waals surface area contributed by atoms with E-state index in [2.05, 4.69) is 36.2 Å². The first-order chi connectivity index (χ1) is 13.9. The predicted molar refractivity (Wildman–Crippen MR) is 120 cm³/mol. The highest BCUT2D eigenvalue weighted by Gasteiger charge is 2.36. The van der Waals surface area contributed by atoms with Crippen molar-refractivity contribution in [2.45, 2.75) is 26.8 Å². The van der Waals surface area contributed by atoms with E-state index in [1.165, 1.54) is 16.3 Å². The minimum absolute atomic E-state index is 0.243. The highest BCUT2D eigenvalue weighted by molar-refractivity contribution is 9.10. The van der Waals surface area contributed by atoms with Gasteiger partial charge in [-0.25, -0.2) is 4.98 Å². The number of rotatable bonds is 4. The number of hydrogen-bond donors (Lipinski definition) is 0. The fraction of sp³-hybridized carbons (Fsp3) is 0.190. The molecule has 2 heterocycles. The van der Waals surface area contributed by atoms with Crippen molar-refractivity contribution < 1.29 is 4.79 Å². The second-order valence-corrected chi connectivity index (χ2v) is 8.57. The van der Waals surface area contributed by atoms with Gasteiger partial charge in [-0.15, -0.1) is 11.3 Å². The van der Waals surface area contributed by atoms with Gasteiger partial charge in [-0.05, 0) is 44.5 Å². The number of azo groups is 1. The monoisotopic (exact) mass is 467 g/mol. The number of benzene rings is 2. The zero-order chi connectivity index (χ0) is 20.5. The van der Waals surface area contributed by atoms with Crippen LogP contribution in [0.1, 0.15) is 18.1 Å². The summed E-state index contributed by atoms with van der Waals surface area (Å²) in [5.74, 6) is -0.243. The van der Waals surface area contributed by atoms with Crippen molar-refractivity contribution in [3.63, 3.8) is 0 Å². The van der Waals surface area contributed by atoms with E-state index < -0.39 is 6.04 Å². The van der Waals surface area contributed by atoms with Gasteiger partial charge in [0.25, 0.3) is 5.91 Å². The molecule has 0 unspecified atom stereocenters. The van der Waals surface area contributed by atoms with E-state index in [0.717, 1.165) is 32.5 Å². The Morgan fingerprint density at radius 2 is 1.86 bits per heavy atom. The molecule has 0 aliphatic carbocycles. The molecule has 0 N–H and O–H groups in total. The van der Waals surface area contributed by atoms with Crippen LogP contribution in [0.3, 0.4) is 0 Å². The average Bonchev–Trinajstić information content (AvgIpc) is 3.27. The van der Waals surface area contributed by atoms with Gasteiger partial charge in [-0.3, -0.25) is 4.79 Å². The molecule has 1 aromatic heterocycles. The molecule has 0 saturated carbocycles. The van der Waals surface area contributed by atoms with Crippen LogP contribution in [0.4, 0.5) is 10.8 Å². The van der Waals surface area contributed by atoms with Gasteiger partial charge in [0.2, 0.25) is 5.13 Å². The van der Waals surface area contributed by atoms with Crippen LogP contribution in [-0.2, 0) is 4.79 Å². The maximum absolute atomic E-state index is 12.9. The van der Waals surface area contributed by atoms with E-state index in [4.69, 9.17) is 0 Å². The standard InChI is InChI=1S/C21H18BrN5OS/c1-12-4-9-17(13(2)10-12)24-25-19-14(3)26-27(20(19)28)21-23-18(11-29-21)15-5-7-16(22)8-6-15/h4-11,19H,1-3H3/t19-/m1/s1. The lowest BCUT2D eigenvalue weighted by atomic mass is 10.1. The van der Waals surface area contributed by atoms with Crippen molar-refractivity contribution in [2.75, 3.05) is 5.01 Å². The van der Waals surface area contributed by atoms with E-state index in [-0.39, 0.29) is 5.91 Å². The van der Waals surface area contributed by atoms with Crippen LogP contribution in [-0.4, -0.2) is 22.6 Å². The van der Waals surface area contributed by atoms with Gasteiger partial charge < -0.3 is 0 Å². The number of aryl methyl sites for hydroxylation is 2. The molecule has 8 heteroatoms. The molecule has 1 atom stereocenters. The van der Waals surface area contributed by atoms with Gasteiger partial charge in [0, 0.05) is 15.4 Å². The van der Waals surface area contributed by atoms with Gasteiger partial charge in [0.15, 0.2) is 6.04 Å². The molecule has 146 valence electrons. The lowest BCUT2D eigenvalue weighted by Crippen LogP contribution is -2.29. The highest BCUT2D eigenvalue weighted by atomic mass is 79.9. The molecule has 4 rings (SSSR count). The molecule has 0 bridgehead atoms. The topological polar surface area (TPSA) is 70.3 Å². The summed E-state index contributed by atoms with van der Waals surface area (Å²) in [7, 11) is 0. The zero-order valence-corrected chi connectivity index (χ0v) is 18.5. The average molecular weight is 468 g/mol. The SMILES string of the molecule is CC1=NN(c2nc(-c3ccc(Br)cc3)cs2)C(=O)[C@@H]1N=Nc1ccc(C)cc1C. The summed E-state index contributed by atoms with van der Waals surface area (Å²) in [5, 5.41) is 16.7. The lowest BCUT2D eigenvalue weighted by molar-refractivity contribution is -0.117. The molecular formula is C21H18BrN5OS. The quantitative estimate of drug-likeness (QED) is 0.437. The van der Waals surface area contributed by atoms with Crippen LogP contribution in [0.2, 0.25) is 0 Å². The number of thiazole rings is 1. The second-order valence-electron chi connectivity index (χ2n) is 6.82. The summed E-state index contributed by atoms with van der Waals surface area (Å²) < 4.78 is 1.00. The molecule has 1 aliphatic rings. The molecule has 0 saturated heterocycles. The number of carbonyl (C=O) groups is 1. The molecule has 2 aromatic carbocycles. The number of nitrogens with zero attached hydrogens (tertiary/aromatic N) is 5. The molecule has 0 spiro atoms. The van der Waals surface area contributed by atoms with Crippen LogP contribution in [0, 0.1) is 13.8 Å². The fourth-order valence-electron chi connectivity index (χ4n) is 2.98. The van der Waals surface area contributed by atoms with Crippen LogP contribution in [0.5, 0.6) is 0 Å². The Labute approximate surface area is 181 Å². The summed E-state index contributed by atoms with van der Waals surface area (Å²) in [6.07, 6.45) is 0. The summed E-state index contributed by atoms with van der Waals surface area (Å²) in [4.78, 5) is 17.5. The number of aromatic nitrogens is 1. The summed E-state index contributed by atoms with van der Waals surface area (Å²) in [6, 6.07) is 13.1. The molecule has 6 nitrogen and oxygen atoms in total. The van der Waals surface area contributed by atoms with E-state index >= 15 is 0 Å². The summed E-state index contributed by atoms with van der Waals surface area (Å²) in [6.45, 7) is 5.79. The Hall–Kier alpha value is -2.71. The predicted octanol–water partition coefficient (Wildman–Crippen LogP) is 6.06. The third-order valence-corrected chi connectivity index (χ3v) is 5.89. The Morgan fingerprint density at radius 3 is 2.59 bits per heavy atom. The number of hydrogen-bond acceptors (Lipinski definition) is 6. The maximum atomic E-state index is 12.9. The first-order valence-electron chi connectivity index (χ1n) is 9.01. The van der Waals surface area contributed by atoms with Gasteiger partial charge in [-0.1, -0.05) is 45.8 Å². The second kappa shape index (κ2) is 7.96. The normalized spacial score (nSPS) is 16.7. The smallest absolute Gasteiger partial charge is 0.269 e. The Morgan fingerprint density at radius 1 is 1.10 bits per heavy atom. The van der Waals surface area contributed by atoms with Crippen LogP contribution >= 0.6 is 27.3 Å². The molecular weight excluding hydrogens is 450 g/mol. The number of carbonyl (C=O) groups excluding carboxylic acids is 1. The minimum Gasteiger partial charge on any atom is -0.269 e. The van der Waals surface area contributed by atoms with Crippen molar-refractivity contribution in [1.29, 1.82) is 0 Å². The van der Waals surface area contributed by atoms with Crippen molar-refractivity contribution in [2.24, 2.45) is 15.3 Å². The summed E-state index contributed by atoms with van der Waals surface area (Å²) in [5.41, 5.74) is 5.32. The molecule has 3 aromatic rings. The van der Waals surface area contributed by atoms with Crippen LogP contribution in [0.15, 0.2) is 67.6 Å². The Balaban J connectivity index is 1.55. The first kappa shape index (κ1) is 19.6. The van der Waals surface area contributed by atoms with Gasteiger partial charge in [0.1, 0.15) is 0 Å². The van der Waals surface area contributed by atoms with Crippen LogP contribution in [0.25, 0.3) is 11.3 Å². The van der Waals surface area contributed by atoms with E-state index in [0.29, 0.717) is 10.8 Å². The van der Waals surface area contributed by atoms with E-state index in [9.17, 15) is 4.79 Å². The van der Waals surface area contributed by atoms with E-state index in [1.54, 1.807) is 6.92 Å². The van der Waals surface area contributed by atoms with Gasteiger partial charge in [-0.2, -0.15) is 20.3 Å². The van der Waals surface area contributed by atoms with Crippen molar-refractivity contribution in [3.05, 3.63) is 63.4 Å². The van der Waals surface area contributed by atoms with Crippen LogP contribution < -0.4 is 5.01 Å². The highest BCUT2D eigenvalue weighted by Crippen LogP contribution is 2.31. The molecule has 0 fully saturated rings. The van der Waals surface area contributed by atoms with Gasteiger partial charge in [0.05, 0.1) is 17.1 Å². The molecule has 1 aliphatic heterocycles. The molecule has 29 heavy (non-hydrogen) atoms. The molecule has 0 radical (unpaired) electrons. The summed E-state index contributed by atoms with van der Waals surface area (Å²) >= 11 is 4.80. The third-order valence-electron chi connectivity index (χ3n) is 4.54. The van der Waals surface area contributed by atoms with Crippen molar-refractivity contribution in [3.8, 4) is 11.3 Å². The maximum Gasteiger partial charge on any atom is 0.282 e. The Kier molecular flexibility index (Phi) is 5.38. The largest absolute Gasteiger partial charge is 0.282 e. The van der Waals surface area contributed by atoms with Crippen molar-refractivity contribution >= 4 is 49.7 Å². The van der Waals surface area contributed by atoms with Crippen molar-refractivity contribution in [1.82, 2.24) is 4.98 Å².